The molecule has 0 heterocycles. The molecule has 35 heavy (non-hydrogen) atoms. The van der Waals surface area contributed by atoms with Crippen molar-refractivity contribution in [1.29, 1.82) is 0 Å². The monoisotopic (exact) mass is 489 g/mol. The van der Waals surface area contributed by atoms with E-state index in [0.717, 1.165) is 18.9 Å². The number of hydrogen-bond donors (Lipinski definition) is 2. The molecule has 0 radical (unpaired) electrons. The first-order valence-corrected chi connectivity index (χ1v) is 10.3. The van der Waals surface area contributed by atoms with Gasteiger partial charge in [0.1, 0.15) is 0 Å². The predicted octanol–water partition coefficient (Wildman–Crippen LogP) is 4.89. The number of carbonyl (C=O) groups excluding carboxylic acids is 3. The summed E-state index contributed by atoms with van der Waals surface area (Å²) in [5, 5.41) is 7.89. The largest absolute Gasteiger partial charge is 0.478 e. The molecule has 0 aliphatic carbocycles. The summed E-state index contributed by atoms with van der Waals surface area (Å²) in [7, 11) is 1.33. The van der Waals surface area contributed by atoms with Gasteiger partial charge < -0.3 is 20.3 Å². The molecule has 3 N–H and O–H groups in total. The zero-order valence-corrected chi connectivity index (χ0v) is 21.2. The lowest BCUT2D eigenvalue weighted by molar-refractivity contribution is -0.138. The molecule has 0 aromatic heterocycles. The Bertz CT molecular complexity index is 800. The molecule has 194 valence electrons. The first kappa shape index (κ1) is 38.1. The Morgan fingerprint density at radius 3 is 1.63 bits per heavy atom. The summed E-state index contributed by atoms with van der Waals surface area (Å²) in [6, 6.07) is 10.0. The van der Waals surface area contributed by atoms with E-state index < -0.39 is 11.9 Å². The fourth-order valence-electron chi connectivity index (χ4n) is 1.14. The van der Waals surface area contributed by atoms with Crippen molar-refractivity contribution >= 4 is 29.9 Å². The van der Waals surface area contributed by atoms with Crippen LogP contribution >= 0.6 is 0 Å². The minimum Gasteiger partial charge on any atom is -0.478 e. The molecule has 0 aliphatic heterocycles. The van der Waals surface area contributed by atoms with Crippen molar-refractivity contribution in [2.24, 2.45) is 5.73 Å². The van der Waals surface area contributed by atoms with E-state index in [1.165, 1.54) is 25.7 Å². The number of hydrogen-bond acceptors (Lipinski definition) is 6. The van der Waals surface area contributed by atoms with Gasteiger partial charge in [0.25, 0.3) is 0 Å². The molecule has 1 aromatic carbocycles. The summed E-state index contributed by atoms with van der Waals surface area (Å²) in [4.78, 5) is 39.6. The van der Waals surface area contributed by atoms with Gasteiger partial charge in [-0.2, -0.15) is 0 Å². The van der Waals surface area contributed by atoms with Crippen LogP contribution in [-0.4, -0.2) is 42.6 Å². The Morgan fingerprint density at radius 2 is 1.43 bits per heavy atom. The number of esters is 2. The summed E-state index contributed by atoms with van der Waals surface area (Å²) < 4.78 is 8.95. The topological polar surface area (TPSA) is 133 Å². The third-order valence-corrected chi connectivity index (χ3v) is 3.04. The third-order valence-electron chi connectivity index (χ3n) is 3.04. The van der Waals surface area contributed by atoms with Gasteiger partial charge >= 0.3 is 17.9 Å². The summed E-state index contributed by atoms with van der Waals surface area (Å²) in [5.41, 5.74) is 6.32. The standard InChI is InChI=1S/C8H8.C7H12O2.C5H8O2.C4H6O2.C3H5NO/c1-2-8-6-4-3-5-7-8;1-3-5-6-9-7(8)4-2;1-4(2)5(6)7-3;1-3(2)4(5)6;1-2-3(4)5/h2-7H,1H2;4H,2-3,5-6H2,1H3;1H2,2-3H3;1H2,2H3,(H,5,6);2H,1H2,(H2,4,5). The lowest BCUT2D eigenvalue weighted by Crippen LogP contribution is -2.04. The number of ether oxygens (including phenoxy) is 2. The lowest BCUT2D eigenvalue weighted by Gasteiger charge is -1.97. The summed E-state index contributed by atoms with van der Waals surface area (Å²) in [6.45, 7) is 22.1. The van der Waals surface area contributed by atoms with E-state index in [2.05, 4.69) is 48.1 Å². The molecule has 1 aromatic rings. The highest BCUT2D eigenvalue weighted by Gasteiger charge is 1.95. The third kappa shape index (κ3) is 37.4. The summed E-state index contributed by atoms with van der Waals surface area (Å²) in [6.07, 6.45) is 6.04. The van der Waals surface area contributed by atoms with Crippen LogP contribution in [0.25, 0.3) is 6.08 Å². The molecule has 8 heteroatoms. The molecule has 0 atom stereocenters. The Kier molecular flexibility index (Phi) is 30.3. The molecule has 0 fully saturated rings. The zero-order valence-electron chi connectivity index (χ0n) is 21.2. The number of methoxy groups -OCH3 is 1. The average molecular weight is 490 g/mol. The first-order chi connectivity index (χ1) is 16.3. The SMILES string of the molecule is C=C(C)C(=O)O.C=C(C)C(=O)OC.C=CC(=O)OCCCC.C=CC(N)=O.C=Cc1ccccc1. The van der Waals surface area contributed by atoms with Gasteiger partial charge in [-0.05, 0) is 31.9 Å². The Labute approximate surface area is 209 Å². The molecule has 0 aliphatic rings. The van der Waals surface area contributed by atoms with Gasteiger partial charge in [0.05, 0.1) is 13.7 Å². The Morgan fingerprint density at radius 1 is 0.971 bits per heavy atom. The molecule has 0 bridgehead atoms. The number of carboxylic acids is 1. The van der Waals surface area contributed by atoms with Gasteiger partial charge in [-0.1, -0.05) is 82.6 Å². The van der Waals surface area contributed by atoms with Crippen LogP contribution in [0.5, 0.6) is 0 Å². The number of benzene rings is 1. The van der Waals surface area contributed by atoms with E-state index in [1.54, 1.807) is 6.92 Å². The molecule has 0 saturated carbocycles. The van der Waals surface area contributed by atoms with E-state index in [4.69, 9.17) is 5.11 Å². The number of aliphatic carboxylic acids is 1. The quantitative estimate of drug-likeness (QED) is 0.302. The van der Waals surface area contributed by atoms with Gasteiger partial charge in [0.15, 0.2) is 0 Å². The Hall–Kier alpha value is -4.20. The van der Waals surface area contributed by atoms with E-state index >= 15 is 0 Å². The van der Waals surface area contributed by atoms with Crippen LogP contribution < -0.4 is 5.73 Å². The molecule has 1 rings (SSSR count). The minimum atomic E-state index is -0.935. The highest BCUT2D eigenvalue weighted by molar-refractivity contribution is 5.86. The van der Waals surface area contributed by atoms with Crippen molar-refractivity contribution in [3.8, 4) is 0 Å². The van der Waals surface area contributed by atoms with Crippen molar-refractivity contribution < 1.29 is 33.8 Å². The fourth-order valence-corrected chi connectivity index (χ4v) is 1.14. The number of amides is 1. The fraction of sp³-hybridized carbons (Fsp3) is 0.259. The van der Waals surface area contributed by atoms with Crippen LogP contribution in [0.2, 0.25) is 0 Å². The van der Waals surface area contributed by atoms with Crippen LogP contribution in [0.3, 0.4) is 0 Å². The second-order valence-electron chi connectivity index (χ2n) is 6.30. The van der Waals surface area contributed by atoms with Gasteiger partial charge in [0.2, 0.25) is 5.91 Å². The van der Waals surface area contributed by atoms with Crippen molar-refractivity contribution in [3.63, 3.8) is 0 Å². The molecule has 0 unspecified atom stereocenters. The van der Waals surface area contributed by atoms with Crippen LogP contribution in [-0.2, 0) is 28.7 Å². The molecule has 0 saturated heterocycles. The number of rotatable bonds is 8. The van der Waals surface area contributed by atoms with Crippen molar-refractivity contribution in [1.82, 2.24) is 0 Å². The maximum atomic E-state index is 10.3. The lowest BCUT2D eigenvalue weighted by atomic mass is 10.2. The smallest absolute Gasteiger partial charge is 0.332 e. The van der Waals surface area contributed by atoms with E-state index in [1.807, 2.05) is 43.3 Å². The number of nitrogens with two attached hydrogens (primary N) is 1. The van der Waals surface area contributed by atoms with Gasteiger partial charge in [0, 0.05) is 17.2 Å². The van der Waals surface area contributed by atoms with Crippen LogP contribution in [0, 0.1) is 0 Å². The van der Waals surface area contributed by atoms with Crippen molar-refractivity contribution in [2.45, 2.75) is 33.6 Å². The predicted molar refractivity (Wildman–Crippen MR) is 141 cm³/mol. The number of carboxylic acid groups (broad SMARTS) is 1. The number of unbranched alkanes of at least 4 members (excludes halogenated alkanes) is 1. The zero-order chi connectivity index (χ0) is 28.2. The molecular formula is C27H39NO7. The van der Waals surface area contributed by atoms with Gasteiger partial charge in [-0.3, -0.25) is 4.79 Å². The number of primary amides is 1. The van der Waals surface area contributed by atoms with Gasteiger partial charge in [-0.25, -0.2) is 14.4 Å². The maximum absolute atomic E-state index is 10.3. The van der Waals surface area contributed by atoms with E-state index in [0.29, 0.717) is 12.2 Å². The first-order valence-electron chi connectivity index (χ1n) is 10.3. The molecule has 8 nitrogen and oxygen atoms in total. The van der Waals surface area contributed by atoms with Crippen molar-refractivity contribution in [3.05, 3.63) is 92.1 Å². The summed E-state index contributed by atoms with van der Waals surface area (Å²) >= 11 is 0. The Balaban J connectivity index is -0.000000174. The maximum Gasteiger partial charge on any atom is 0.332 e. The second kappa shape index (κ2) is 27.8. The average Bonchev–Trinajstić information content (AvgIpc) is 2.85. The van der Waals surface area contributed by atoms with Crippen LogP contribution in [0.4, 0.5) is 0 Å². The molecular weight excluding hydrogens is 450 g/mol. The highest BCUT2D eigenvalue weighted by Crippen LogP contribution is 1.97. The van der Waals surface area contributed by atoms with E-state index in [-0.39, 0.29) is 17.5 Å². The van der Waals surface area contributed by atoms with Crippen LogP contribution in [0.1, 0.15) is 39.2 Å². The highest BCUT2D eigenvalue weighted by atomic mass is 16.5. The van der Waals surface area contributed by atoms with Crippen molar-refractivity contribution in [2.75, 3.05) is 13.7 Å². The minimum absolute atomic E-state index is 0.176. The van der Waals surface area contributed by atoms with Crippen LogP contribution in [0.15, 0.2) is 86.5 Å². The second-order valence-corrected chi connectivity index (χ2v) is 6.30. The summed E-state index contributed by atoms with van der Waals surface area (Å²) in [5.74, 6) is -2.09. The number of carbonyl (C=O) groups is 4. The molecule has 0 spiro atoms. The van der Waals surface area contributed by atoms with Gasteiger partial charge in [-0.15, -0.1) is 0 Å². The normalized spacial score (nSPS) is 7.89. The van der Waals surface area contributed by atoms with E-state index in [9.17, 15) is 19.2 Å². The molecule has 1 amide bonds.